The largest absolute Gasteiger partial charge is 0.493 e. The van der Waals surface area contributed by atoms with E-state index < -0.39 is 5.60 Å². The molecule has 0 radical (unpaired) electrons. The van der Waals surface area contributed by atoms with Crippen molar-refractivity contribution < 1.29 is 9.84 Å². The number of aliphatic hydroxyl groups is 1. The van der Waals surface area contributed by atoms with Gasteiger partial charge in [-0.1, -0.05) is 23.7 Å². The minimum atomic E-state index is -1.22. The lowest BCUT2D eigenvalue weighted by Crippen LogP contribution is -2.27. The molecule has 1 unspecified atom stereocenters. The molecule has 0 fully saturated rings. The Balaban J connectivity index is 2.58. The number of rotatable bonds is 4. The third-order valence-corrected chi connectivity index (χ3v) is 3.41. The van der Waals surface area contributed by atoms with E-state index in [1.165, 1.54) is 0 Å². The Labute approximate surface area is 117 Å². The molecule has 0 aliphatic carbocycles. The van der Waals surface area contributed by atoms with Crippen molar-refractivity contribution in [3.05, 3.63) is 46.7 Å². The Hall–Kier alpha value is -1.52. The molecule has 102 valence electrons. The van der Waals surface area contributed by atoms with E-state index in [0.717, 1.165) is 0 Å². The maximum atomic E-state index is 10.9. The van der Waals surface area contributed by atoms with Gasteiger partial charge in [0.05, 0.1) is 13.3 Å². The molecule has 0 spiro atoms. The molecule has 5 heteroatoms. The first-order chi connectivity index (χ1) is 9.00. The van der Waals surface area contributed by atoms with Crippen LogP contribution in [0.2, 0.25) is 5.02 Å². The van der Waals surface area contributed by atoms with Crippen LogP contribution in [0, 0.1) is 0 Å². The van der Waals surface area contributed by atoms with E-state index in [1.54, 1.807) is 37.0 Å². The van der Waals surface area contributed by atoms with Crippen LogP contribution in [0.1, 0.15) is 25.1 Å². The summed E-state index contributed by atoms with van der Waals surface area (Å²) in [4.78, 5) is 0. The zero-order chi connectivity index (χ0) is 14.0. The average Bonchev–Trinajstić information content (AvgIpc) is 2.82. The summed E-state index contributed by atoms with van der Waals surface area (Å²) in [6, 6.07) is 7.16. The molecule has 1 atom stereocenters. The van der Waals surface area contributed by atoms with Crippen molar-refractivity contribution in [2.75, 3.05) is 7.11 Å². The summed E-state index contributed by atoms with van der Waals surface area (Å²) in [6.07, 6.45) is 1.61. The summed E-state index contributed by atoms with van der Waals surface area (Å²) < 4.78 is 7.01. The van der Waals surface area contributed by atoms with E-state index >= 15 is 0 Å². The van der Waals surface area contributed by atoms with Gasteiger partial charge in [0.2, 0.25) is 0 Å². The summed E-state index contributed by atoms with van der Waals surface area (Å²) in [7, 11) is 1.56. The summed E-state index contributed by atoms with van der Waals surface area (Å²) in [6.45, 7) is 4.32. The number of hydrogen-bond donors (Lipinski definition) is 1. The second-order valence-corrected chi connectivity index (χ2v) is 4.90. The highest BCUT2D eigenvalue weighted by Crippen LogP contribution is 2.36. The van der Waals surface area contributed by atoms with Gasteiger partial charge in [-0.05, 0) is 31.5 Å². The maximum Gasteiger partial charge on any atom is 0.163 e. The minimum absolute atomic E-state index is 0.562. The quantitative estimate of drug-likeness (QED) is 0.937. The van der Waals surface area contributed by atoms with Gasteiger partial charge in [0.15, 0.2) is 5.75 Å². The number of hydrogen-bond acceptors (Lipinski definition) is 3. The van der Waals surface area contributed by atoms with Crippen LogP contribution in [-0.2, 0) is 12.1 Å². The first kappa shape index (κ1) is 13.9. The molecule has 1 aromatic heterocycles. The van der Waals surface area contributed by atoms with Crippen LogP contribution in [0.4, 0.5) is 0 Å². The summed E-state index contributed by atoms with van der Waals surface area (Å²) in [5.74, 6) is 0.562. The van der Waals surface area contributed by atoms with Crippen LogP contribution in [0.5, 0.6) is 5.75 Å². The number of nitrogens with zero attached hydrogens (tertiary/aromatic N) is 2. The maximum absolute atomic E-state index is 10.9. The zero-order valence-corrected chi connectivity index (χ0v) is 12.0. The molecular weight excluding hydrogens is 264 g/mol. The van der Waals surface area contributed by atoms with Crippen LogP contribution in [0.3, 0.4) is 0 Å². The summed E-state index contributed by atoms with van der Waals surface area (Å²) in [5, 5.41) is 15.7. The third-order valence-electron chi connectivity index (χ3n) is 3.17. The fourth-order valence-corrected chi connectivity index (χ4v) is 2.37. The highest BCUT2D eigenvalue weighted by Gasteiger charge is 2.33. The van der Waals surface area contributed by atoms with E-state index in [2.05, 4.69) is 5.10 Å². The SMILES string of the molecule is CCn1ncc(OC)c1C(C)(O)c1cccc(Cl)c1. The van der Waals surface area contributed by atoms with E-state index in [0.29, 0.717) is 28.6 Å². The highest BCUT2D eigenvalue weighted by atomic mass is 35.5. The van der Waals surface area contributed by atoms with Crippen molar-refractivity contribution in [2.24, 2.45) is 0 Å². The van der Waals surface area contributed by atoms with Crippen LogP contribution in [-0.4, -0.2) is 22.0 Å². The van der Waals surface area contributed by atoms with Gasteiger partial charge in [-0.3, -0.25) is 4.68 Å². The molecule has 2 rings (SSSR count). The number of halogens is 1. The van der Waals surface area contributed by atoms with Gasteiger partial charge < -0.3 is 9.84 Å². The Morgan fingerprint density at radius 2 is 2.21 bits per heavy atom. The fourth-order valence-electron chi connectivity index (χ4n) is 2.18. The van der Waals surface area contributed by atoms with Crippen LogP contribution in [0.15, 0.2) is 30.5 Å². The average molecular weight is 281 g/mol. The third kappa shape index (κ3) is 2.46. The molecule has 0 aliphatic heterocycles. The summed E-state index contributed by atoms with van der Waals surface area (Å²) >= 11 is 5.99. The molecule has 0 aliphatic rings. The van der Waals surface area contributed by atoms with Gasteiger partial charge >= 0.3 is 0 Å². The van der Waals surface area contributed by atoms with Crippen molar-refractivity contribution in [3.8, 4) is 5.75 Å². The molecule has 1 aromatic carbocycles. The monoisotopic (exact) mass is 280 g/mol. The Bertz CT molecular complexity index is 557. The molecule has 0 amide bonds. The standard InChI is InChI=1S/C14H17ClN2O2/c1-4-17-13(12(19-3)9-16-17)14(2,18)10-6-5-7-11(15)8-10/h5-9,18H,4H2,1-3H3. The Morgan fingerprint density at radius 1 is 1.47 bits per heavy atom. The zero-order valence-electron chi connectivity index (χ0n) is 11.2. The van der Waals surface area contributed by atoms with Crippen molar-refractivity contribution in [3.63, 3.8) is 0 Å². The topological polar surface area (TPSA) is 47.3 Å². The Kier molecular flexibility index (Phi) is 3.83. The van der Waals surface area contributed by atoms with Crippen LogP contribution >= 0.6 is 11.6 Å². The highest BCUT2D eigenvalue weighted by molar-refractivity contribution is 6.30. The molecule has 1 N–H and O–H groups in total. The lowest BCUT2D eigenvalue weighted by molar-refractivity contribution is 0.0885. The minimum Gasteiger partial charge on any atom is -0.493 e. The van der Waals surface area contributed by atoms with Gasteiger partial charge in [-0.15, -0.1) is 0 Å². The second-order valence-electron chi connectivity index (χ2n) is 4.46. The number of methoxy groups -OCH3 is 1. The predicted molar refractivity (Wildman–Crippen MR) is 74.6 cm³/mol. The molecule has 0 bridgehead atoms. The van der Waals surface area contributed by atoms with E-state index in [9.17, 15) is 5.11 Å². The first-order valence-corrected chi connectivity index (χ1v) is 6.47. The molecular formula is C14H17ClN2O2. The number of aryl methyl sites for hydroxylation is 1. The van der Waals surface area contributed by atoms with E-state index in [-0.39, 0.29) is 0 Å². The van der Waals surface area contributed by atoms with Crippen molar-refractivity contribution in [1.82, 2.24) is 9.78 Å². The normalized spacial score (nSPS) is 14.2. The second kappa shape index (κ2) is 5.23. The predicted octanol–water partition coefficient (Wildman–Crippen LogP) is 2.82. The lowest BCUT2D eigenvalue weighted by atomic mass is 9.92. The molecule has 0 saturated heterocycles. The van der Waals surface area contributed by atoms with Crippen LogP contribution in [0.25, 0.3) is 0 Å². The summed E-state index contributed by atoms with van der Waals surface area (Å²) in [5.41, 5.74) is 0.108. The van der Waals surface area contributed by atoms with Gasteiger partial charge in [0.1, 0.15) is 11.3 Å². The number of benzene rings is 1. The smallest absolute Gasteiger partial charge is 0.163 e. The lowest BCUT2D eigenvalue weighted by Gasteiger charge is -2.26. The van der Waals surface area contributed by atoms with Crippen LogP contribution < -0.4 is 4.74 Å². The number of ether oxygens (including phenoxy) is 1. The fraction of sp³-hybridized carbons (Fsp3) is 0.357. The van der Waals surface area contributed by atoms with Crippen molar-refractivity contribution in [2.45, 2.75) is 26.0 Å². The first-order valence-electron chi connectivity index (χ1n) is 6.09. The van der Waals surface area contributed by atoms with Crippen molar-refractivity contribution in [1.29, 1.82) is 0 Å². The molecule has 0 saturated carbocycles. The Morgan fingerprint density at radius 3 is 2.79 bits per heavy atom. The van der Waals surface area contributed by atoms with Gasteiger partial charge in [-0.25, -0.2) is 0 Å². The molecule has 2 aromatic rings. The van der Waals surface area contributed by atoms with Gasteiger partial charge in [0, 0.05) is 11.6 Å². The molecule has 19 heavy (non-hydrogen) atoms. The van der Waals surface area contributed by atoms with E-state index in [4.69, 9.17) is 16.3 Å². The van der Waals surface area contributed by atoms with E-state index in [1.807, 2.05) is 19.1 Å². The van der Waals surface area contributed by atoms with Gasteiger partial charge in [-0.2, -0.15) is 5.10 Å². The molecule has 4 nitrogen and oxygen atoms in total. The molecule has 1 heterocycles. The number of aromatic nitrogens is 2. The van der Waals surface area contributed by atoms with Gasteiger partial charge in [0.25, 0.3) is 0 Å². The van der Waals surface area contributed by atoms with Crippen molar-refractivity contribution >= 4 is 11.6 Å².